The summed E-state index contributed by atoms with van der Waals surface area (Å²) in [5.74, 6) is -3.08. The first-order valence-electron chi connectivity index (χ1n) is 17.3. The minimum absolute atomic E-state index is 0.0385. The van der Waals surface area contributed by atoms with Crippen LogP contribution < -0.4 is 38.1 Å². The van der Waals surface area contributed by atoms with Crippen LogP contribution in [0.1, 0.15) is 36.8 Å². The van der Waals surface area contributed by atoms with Crippen molar-refractivity contribution in [1.82, 2.24) is 31.5 Å². The van der Waals surface area contributed by atoms with Gasteiger partial charge >= 0.3 is 0 Å². The van der Waals surface area contributed by atoms with Gasteiger partial charge in [0, 0.05) is 26.4 Å². The molecule has 1 saturated heterocycles. The van der Waals surface area contributed by atoms with Crippen molar-refractivity contribution in [2.75, 3.05) is 33.7 Å². The van der Waals surface area contributed by atoms with Crippen LogP contribution >= 0.6 is 0 Å². The Kier molecular flexibility index (Phi) is 14.3. The highest BCUT2D eigenvalue weighted by Gasteiger charge is 2.35. The van der Waals surface area contributed by atoms with E-state index in [4.69, 9.17) is 11.5 Å². The number of benzene rings is 3. The van der Waals surface area contributed by atoms with E-state index in [1.54, 1.807) is 19.2 Å². The first-order valence-corrected chi connectivity index (χ1v) is 17.3. The highest BCUT2D eigenvalue weighted by atomic mass is 16.3. The molecular weight excluding hydrogens is 666 g/mol. The second-order valence-corrected chi connectivity index (χ2v) is 12.9. The molecule has 1 aliphatic heterocycles. The van der Waals surface area contributed by atoms with Crippen LogP contribution in [0.15, 0.2) is 71.7 Å². The number of hydrogen-bond acceptors (Lipinski definition) is 8. The topological polar surface area (TPSA) is 233 Å². The van der Waals surface area contributed by atoms with Gasteiger partial charge in [-0.2, -0.15) is 0 Å². The van der Waals surface area contributed by atoms with Crippen LogP contribution in [0, 0.1) is 0 Å². The number of rotatable bonds is 12. The van der Waals surface area contributed by atoms with Crippen molar-refractivity contribution in [3.05, 3.63) is 77.9 Å². The molecular formula is C37H49N9O6. The van der Waals surface area contributed by atoms with Crippen molar-refractivity contribution in [2.24, 2.45) is 16.5 Å². The Morgan fingerprint density at radius 3 is 2.19 bits per heavy atom. The van der Waals surface area contributed by atoms with Crippen LogP contribution in [-0.2, 0) is 36.8 Å². The van der Waals surface area contributed by atoms with E-state index in [-0.39, 0.29) is 43.9 Å². The molecule has 4 unspecified atom stereocenters. The van der Waals surface area contributed by atoms with E-state index in [9.17, 15) is 29.1 Å². The van der Waals surface area contributed by atoms with Crippen LogP contribution in [0.25, 0.3) is 10.8 Å². The molecule has 4 rings (SSSR count). The normalized spacial score (nSPS) is 20.6. The van der Waals surface area contributed by atoms with Crippen LogP contribution in [0.4, 0.5) is 0 Å². The third-order valence-electron chi connectivity index (χ3n) is 8.92. The number of aliphatic imine (C=N–C) groups is 1. The number of carbonyl (C=O) groups is 5. The summed E-state index contributed by atoms with van der Waals surface area (Å²) in [7, 11) is 3.25. The Hall–Kier alpha value is -5.70. The van der Waals surface area contributed by atoms with Gasteiger partial charge in [0.1, 0.15) is 29.9 Å². The molecule has 278 valence electrons. The molecule has 3 aromatic rings. The number of amides is 5. The predicted molar refractivity (Wildman–Crippen MR) is 198 cm³/mol. The summed E-state index contributed by atoms with van der Waals surface area (Å²) in [4.78, 5) is 74.4. The van der Waals surface area contributed by atoms with Crippen molar-refractivity contribution in [3.63, 3.8) is 0 Å². The van der Waals surface area contributed by atoms with Gasteiger partial charge < -0.3 is 48.1 Å². The molecule has 0 aliphatic carbocycles. The fraction of sp³-hybridized carbons (Fsp3) is 0.405. The summed E-state index contributed by atoms with van der Waals surface area (Å²) >= 11 is 0. The lowest BCUT2D eigenvalue weighted by molar-refractivity contribution is -0.142. The van der Waals surface area contributed by atoms with E-state index in [1.807, 2.05) is 42.5 Å². The Labute approximate surface area is 303 Å². The summed E-state index contributed by atoms with van der Waals surface area (Å²) in [6.07, 6.45) is 1.37. The molecule has 4 atom stereocenters. The largest absolute Gasteiger partial charge is 0.508 e. The van der Waals surface area contributed by atoms with Gasteiger partial charge in [-0.15, -0.1) is 0 Å². The monoisotopic (exact) mass is 715 g/mol. The molecule has 10 N–H and O–H groups in total. The zero-order valence-electron chi connectivity index (χ0n) is 29.6. The van der Waals surface area contributed by atoms with E-state index >= 15 is 0 Å². The first-order chi connectivity index (χ1) is 24.9. The average Bonchev–Trinajstić information content (AvgIpc) is 3.12. The number of phenolic OH excluding ortho intramolecular Hbond substituents is 1. The van der Waals surface area contributed by atoms with E-state index in [0.29, 0.717) is 24.9 Å². The van der Waals surface area contributed by atoms with Gasteiger partial charge in [-0.1, -0.05) is 54.6 Å². The van der Waals surface area contributed by atoms with Crippen LogP contribution in [0.3, 0.4) is 0 Å². The molecule has 0 radical (unpaired) electrons. The van der Waals surface area contributed by atoms with Crippen molar-refractivity contribution in [2.45, 2.75) is 62.7 Å². The third-order valence-corrected chi connectivity index (χ3v) is 8.92. The lowest BCUT2D eigenvalue weighted by atomic mass is 10.00. The van der Waals surface area contributed by atoms with Crippen LogP contribution in [-0.4, -0.2) is 103 Å². The first kappa shape index (κ1) is 39.1. The third kappa shape index (κ3) is 11.4. The zero-order valence-corrected chi connectivity index (χ0v) is 29.6. The highest BCUT2D eigenvalue weighted by molar-refractivity contribution is 5.97. The summed E-state index contributed by atoms with van der Waals surface area (Å²) in [6.45, 7) is 0.280. The number of phenols is 1. The molecule has 1 aliphatic rings. The van der Waals surface area contributed by atoms with Crippen molar-refractivity contribution in [1.29, 1.82) is 0 Å². The SMILES string of the molecule is CNCCCC1C(=O)NC(CCCN=C(N)N)C(=O)NC(Cc2ccc3ccccc3c2)C(=O)NCC(=O)NC(Cc2ccc(O)cc2)C(=O)N1C. The second kappa shape index (κ2) is 19.1. The van der Waals surface area contributed by atoms with Crippen molar-refractivity contribution >= 4 is 46.3 Å². The maximum absolute atomic E-state index is 14.1. The second-order valence-electron chi connectivity index (χ2n) is 12.9. The molecule has 52 heavy (non-hydrogen) atoms. The Morgan fingerprint density at radius 1 is 0.808 bits per heavy atom. The summed E-state index contributed by atoms with van der Waals surface area (Å²) < 4.78 is 0. The van der Waals surface area contributed by atoms with Gasteiger partial charge in [-0.05, 0) is 73.3 Å². The molecule has 0 aromatic heterocycles. The number of likely N-dealkylation sites (N-methyl/N-ethyl adjacent to an activating group) is 1. The number of hydrogen-bond donors (Lipinski definition) is 8. The van der Waals surface area contributed by atoms with Crippen LogP contribution in [0.5, 0.6) is 5.75 Å². The lowest BCUT2D eigenvalue weighted by Gasteiger charge is -2.32. The van der Waals surface area contributed by atoms with Gasteiger partial charge in [-0.3, -0.25) is 29.0 Å². The molecule has 5 amide bonds. The molecule has 0 saturated carbocycles. The molecule has 15 nitrogen and oxygen atoms in total. The fourth-order valence-corrected chi connectivity index (χ4v) is 6.10. The summed E-state index contributed by atoms with van der Waals surface area (Å²) in [6, 6.07) is 15.3. The minimum Gasteiger partial charge on any atom is -0.508 e. The van der Waals surface area contributed by atoms with E-state index in [0.717, 1.165) is 16.3 Å². The maximum atomic E-state index is 14.1. The minimum atomic E-state index is -1.12. The van der Waals surface area contributed by atoms with Gasteiger partial charge in [0.05, 0.1) is 6.54 Å². The maximum Gasteiger partial charge on any atom is 0.245 e. The highest BCUT2D eigenvalue weighted by Crippen LogP contribution is 2.18. The number of nitrogens with one attached hydrogen (secondary N) is 5. The number of carbonyl (C=O) groups excluding carboxylic acids is 5. The van der Waals surface area contributed by atoms with Gasteiger partial charge in [0.2, 0.25) is 29.5 Å². The average molecular weight is 716 g/mol. The lowest BCUT2D eigenvalue weighted by Crippen LogP contribution is -2.58. The van der Waals surface area contributed by atoms with Crippen LogP contribution in [0.2, 0.25) is 0 Å². The predicted octanol–water partition coefficient (Wildman–Crippen LogP) is -0.205. The van der Waals surface area contributed by atoms with E-state index in [2.05, 4.69) is 31.6 Å². The summed E-state index contributed by atoms with van der Waals surface area (Å²) in [5, 5.41) is 25.8. The fourth-order valence-electron chi connectivity index (χ4n) is 6.10. The van der Waals surface area contributed by atoms with E-state index in [1.165, 1.54) is 24.1 Å². The molecule has 1 fully saturated rings. The molecule has 1 heterocycles. The number of fused-ring (bicyclic) bond motifs is 1. The quantitative estimate of drug-likeness (QED) is 0.0704. The van der Waals surface area contributed by atoms with Gasteiger partial charge in [0.25, 0.3) is 0 Å². The van der Waals surface area contributed by atoms with Crippen molar-refractivity contribution in [3.8, 4) is 5.75 Å². The Morgan fingerprint density at radius 2 is 1.48 bits per heavy atom. The number of nitrogens with zero attached hydrogens (tertiary/aromatic N) is 2. The van der Waals surface area contributed by atoms with Crippen molar-refractivity contribution < 1.29 is 29.1 Å². The zero-order chi connectivity index (χ0) is 37.6. The molecule has 0 bridgehead atoms. The Bertz CT molecular complexity index is 1740. The molecule has 15 heteroatoms. The smallest absolute Gasteiger partial charge is 0.245 e. The number of guanidine groups is 1. The molecule has 0 spiro atoms. The number of nitrogens with two attached hydrogens (primary N) is 2. The standard InChI is InChI=1S/C37H49N9O6/c1-40-17-6-10-31-35(51)44-28(9-5-18-41-37(38)39)34(50)45-29(21-24-11-14-25-7-3-4-8-26(25)19-24)33(49)42-22-32(48)43-30(36(52)46(31)2)20-23-12-15-27(47)16-13-23/h3-4,7-8,11-16,19,28-31,40,47H,5-6,9-10,17-18,20-22H2,1-2H3,(H,42,49)(H,43,48)(H,44,51)(H,45,50)(H4,38,39,41). The molecule has 3 aromatic carbocycles. The van der Waals surface area contributed by atoms with E-state index < -0.39 is 60.2 Å². The van der Waals surface area contributed by atoms with Gasteiger partial charge in [-0.25, -0.2) is 0 Å². The van der Waals surface area contributed by atoms with Gasteiger partial charge in [0.15, 0.2) is 5.96 Å². The number of aromatic hydroxyl groups is 1. The Balaban J connectivity index is 1.70. The summed E-state index contributed by atoms with van der Waals surface area (Å²) in [5.41, 5.74) is 12.4.